The zero-order chi connectivity index (χ0) is 15.8. The third-order valence-electron chi connectivity index (χ3n) is 2.76. The molecule has 1 aromatic heterocycles. The minimum atomic E-state index is -4.74. The van der Waals surface area contributed by atoms with Gasteiger partial charge in [-0.05, 0) is 30.2 Å². The van der Waals surface area contributed by atoms with Crippen molar-refractivity contribution in [1.29, 1.82) is 0 Å². The Hall–Kier alpha value is -1.90. The predicted octanol–water partition coefficient (Wildman–Crippen LogP) is 3.66. The molecule has 1 heterocycles. The van der Waals surface area contributed by atoms with Crippen molar-refractivity contribution in [1.82, 2.24) is 10.1 Å². The molecule has 9 heteroatoms. The average Bonchev–Trinajstić information content (AvgIpc) is 2.87. The molecule has 5 nitrogen and oxygen atoms in total. The first kappa shape index (κ1) is 15.5. The lowest BCUT2D eigenvalue weighted by Crippen LogP contribution is -2.05. The van der Waals surface area contributed by atoms with Gasteiger partial charge in [0.1, 0.15) is 0 Å². The van der Waals surface area contributed by atoms with Gasteiger partial charge in [0.05, 0.1) is 5.56 Å². The average molecular weight is 365 g/mol. The van der Waals surface area contributed by atoms with Crippen molar-refractivity contribution in [2.24, 2.45) is 0 Å². The number of carboxylic acids is 1. The summed E-state index contributed by atoms with van der Waals surface area (Å²) in [5.41, 5.74) is 1.25. The van der Waals surface area contributed by atoms with Gasteiger partial charge < -0.3 is 9.63 Å². The molecule has 112 valence electrons. The van der Waals surface area contributed by atoms with E-state index >= 15 is 0 Å². The molecule has 0 aliphatic rings. The Bertz CT molecular complexity index is 698. The van der Waals surface area contributed by atoms with Crippen LogP contribution in [0.4, 0.5) is 13.2 Å². The summed E-state index contributed by atoms with van der Waals surface area (Å²) in [5.74, 6) is -2.97. The first-order chi connectivity index (χ1) is 9.74. The lowest BCUT2D eigenvalue weighted by Gasteiger charge is -2.08. The van der Waals surface area contributed by atoms with Crippen molar-refractivity contribution in [2.75, 3.05) is 0 Å². The molecular formula is C12H8BrF3N2O3. The summed E-state index contributed by atoms with van der Waals surface area (Å²) in [7, 11) is 0. The highest BCUT2D eigenvalue weighted by Gasteiger charge is 2.38. The van der Waals surface area contributed by atoms with Crippen LogP contribution >= 0.6 is 15.9 Å². The van der Waals surface area contributed by atoms with E-state index in [1.807, 2.05) is 0 Å². The normalized spacial score (nSPS) is 11.7. The molecule has 0 spiro atoms. The highest BCUT2D eigenvalue weighted by molar-refractivity contribution is 9.08. The van der Waals surface area contributed by atoms with Gasteiger partial charge in [-0.1, -0.05) is 21.1 Å². The molecule has 0 amide bonds. The van der Waals surface area contributed by atoms with E-state index in [-0.39, 0.29) is 17.0 Å². The zero-order valence-electron chi connectivity index (χ0n) is 10.5. The molecule has 2 aromatic rings. The van der Waals surface area contributed by atoms with E-state index in [1.54, 1.807) is 6.92 Å². The van der Waals surface area contributed by atoms with Crippen LogP contribution in [-0.2, 0) is 11.5 Å². The number of alkyl halides is 4. The van der Waals surface area contributed by atoms with Gasteiger partial charge in [0.2, 0.25) is 5.82 Å². The maximum absolute atomic E-state index is 12.4. The van der Waals surface area contributed by atoms with Crippen molar-refractivity contribution in [3.8, 4) is 11.4 Å². The van der Waals surface area contributed by atoms with Gasteiger partial charge in [0.15, 0.2) is 0 Å². The van der Waals surface area contributed by atoms with E-state index in [4.69, 9.17) is 5.11 Å². The van der Waals surface area contributed by atoms with Crippen LogP contribution < -0.4 is 0 Å². The van der Waals surface area contributed by atoms with Crippen molar-refractivity contribution in [3.63, 3.8) is 0 Å². The van der Waals surface area contributed by atoms with Gasteiger partial charge in [0, 0.05) is 10.9 Å². The molecule has 0 aliphatic carbocycles. The van der Waals surface area contributed by atoms with Crippen LogP contribution in [0.1, 0.15) is 27.4 Å². The molecule has 0 saturated carbocycles. The molecule has 0 radical (unpaired) electrons. The van der Waals surface area contributed by atoms with Gasteiger partial charge in [0.25, 0.3) is 0 Å². The summed E-state index contributed by atoms with van der Waals surface area (Å²) in [6.07, 6.45) is -4.74. The predicted molar refractivity (Wildman–Crippen MR) is 69.1 cm³/mol. The van der Waals surface area contributed by atoms with Crippen LogP contribution in [0.3, 0.4) is 0 Å². The smallest absolute Gasteiger partial charge is 0.471 e. The first-order valence-electron chi connectivity index (χ1n) is 5.58. The van der Waals surface area contributed by atoms with Crippen molar-refractivity contribution in [2.45, 2.75) is 18.4 Å². The second kappa shape index (κ2) is 5.47. The highest BCUT2D eigenvalue weighted by Crippen LogP contribution is 2.31. The van der Waals surface area contributed by atoms with E-state index in [2.05, 4.69) is 30.6 Å². The lowest BCUT2D eigenvalue weighted by atomic mass is 9.99. The maximum atomic E-state index is 12.4. The monoisotopic (exact) mass is 364 g/mol. The van der Waals surface area contributed by atoms with Gasteiger partial charge in [-0.3, -0.25) is 0 Å². The number of hydrogen-bond donors (Lipinski definition) is 1. The standard InChI is InChI=1S/C12H8BrF3N2O3/c1-5-2-6(3-7(10(19)20)8(5)4-13)9-17-11(21-18-9)12(14,15)16/h2-3H,4H2,1H3,(H,19,20). The van der Waals surface area contributed by atoms with Gasteiger partial charge in [-0.15, -0.1) is 0 Å². The molecule has 0 atom stereocenters. The van der Waals surface area contributed by atoms with Crippen molar-refractivity contribution in [3.05, 3.63) is 34.7 Å². The Morgan fingerprint density at radius 2 is 2.10 bits per heavy atom. The molecule has 0 saturated heterocycles. The fraction of sp³-hybridized carbons (Fsp3) is 0.250. The Balaban J connectivity index is 2.55. The molecule has 2 rings (SSSR count). The fourth-order valence-electron chi connectivity index (χ4n) is 1.77. The Morgan fingerprint density at radius 1 is 1.43 bits per heavy atom. The number of rotatable bonds is 3. The van der Waals surface area contributed by atoms with E-state index in [0.717, 1.165) is 0 Å². The number of aromatic nitrogens is 2. The SMILES string of the molecule is Cc1cc(-c2noc(C(F)(F)F)n2)cc(C(=O)O)c1CBr. The second-order valence-electron chi connectivity index (χ2n) is 4.18. The van der Waals surface area contributed by atoms with Gasteiger partial charge in [-0.25, -0.2) is 4.79 Å². The van der Waals surface area contributed by atoms with Crippen LogP contribution in [0, 0.1) is 6.92 Å². The topological polar surface area (TPSA) is 76.2 Å². The van der Waals surface area contributed by atoms with E-state index in [1.165, 1.54) is 12.1 Å². The maximum Gasteiger partial charge on any atom is 0.471 e. The number of aromatic carboxylic acids is 1. The third-order valence-corrected chi connectivity index (χ3v) is 3.32. The largest absolute Gasteiger partial charge is 0.478 e. The number of carbonyl (C=O) groups is 1. The number of nitrogens with zero attached hydrogens (tertiary/aromatic N) is 2. The minimum Gasteiger partial charge on any atom is -0.478 e. The van der Waals surface area contributed by atoms with E-state index in [0.29, 0.717) is 16.5 Å². The summed E-state index contributed by atoms with van der Waals surface area (Å²) >= 11 is 3.18. The van der Waals surface area contributed by atoms with Crippen molar-refractivity contribution >= 4 is 21.9 Å². The van der Waals surface area contributed by atoms with Crippen LogP contribution in [-0.4, -0.2) is 21.2 Å². The number of carboxylic acid groups (broad SMARTS) is 1. The lowest BCUT2D eigenvalue weighted by molar-refractivity contribution is -0.159. The quantitative estimate of drug-likeness (QED) is 0.841. The molecule has 21 heavy (non-hydrogen) atoms. The molecule has 0 unspecified atom stereocenters. The fourth-order valence-corrected chi connectivity index (χ4v) is 2.51. The van der Waals surface area contributed by atoms with Crippen LogP contribution in [0.2, 0.25) is 0 Å². The molecule has 0 fully saturated rings. The second-order valence-corrected chi connectivity index (χ2v) is 4.74. The molecule has 1 N–H and O–H groups in total. The van der Waals surface area contributed by atoms with Crippen molar-refractivity contribution < 1.29 is 27.6 Å². The zero-order valence-corrected chi connectivity index (χ0v) is 12.1. The summed E-state index contributed by atoms with van der Waals surface area (Å²) in [5, 5.41) is 12.7. The number of halogens is 4. The minimum absolute atomic E-state index is 0.0276. The van der Waals surface area contributed by atoms with Crippen LogP contribution in [0.15, 0.2) is 16.7 Å². The first-order valence-corrected chi connectivity index (χ1v) is 6.70. The van der Waals surface area contributed by atoms with Gasteiger partial charge >= 0.3 is 18.0 Å². The van der Waals surface area contributed by atoms with Crippen LogP contribution in [0.25, 0.3) is 11.4 Å². The number of aryl methyl sites for hydroxylation is 1. The summed E-state index contributed by atoms with van der Waals surface area (Å²) < 4.78 is 41.4. The Morgan fingerprint density at radius 3 is 2.57 bits per heavy atom. The van der Waals surface area contributed by atoms with Gasteiger partial charge in [-0.2, -0.15) is 18.2 Å². The molecule has 0 bridgehead atoms. The third kappa shape index (κ3) is 3.07. The molecule has 1 aromatic carbocycles. The van der Waals surface area contributed by atoms with E-state index < -0.39 is 18.0 Å². The Labute approximate surface area is 124 Å². The summed E-state index contributed by atoms with van der Waals surface area (Å²) in [6.45, 7) is 1.65. The Kier molecular flexibility index (Phi) is 4.04. The van der Waals surface area contributed by atoms with Crippen LogP contribution in [0.5, 0.6) is 0 Å². The number of benzene rings is 1. The molecule has 0 aliphatic heterocycles. The molecular weight excluding hydrogens is 357 g/mol. The summed E-state index contributed by atoms with van der Waals surface area (Å²) in [4.78, 5) is 14.5. The van der Waals surface area contributed by atoms with E-state index in [9.17, 15) is 18.0 Å². The summed E-state index contributed by atoms with van der Waals surface area (Å²) in [6, 6.07) is 2.73. The number of hydrogen-bond acceptors (Lipinski definition) is 4. The highest BCUT2D eigenvalue weighted by atomic mass is 79.9.